The third kappa shape index (κ3) is 3.07. The standard InChI is InChI=1S/C19H14Cl2N2S/c20-14-5-3-13(4-6-14)17-12-18(19-2-1-11-24-19)23(22-17)16-9-7-15(21)8-10-16/h1-11,18H,12H2. The van der Waals surface area contributed by atoms with Crippen molar-refractivity contribution < 1.29 is 0 Å². The molecule has 3 aromatic rings. The fraction of sp³-hybridized carbons (Fsp3) is 0.105. The van der Waals surface area contributed by atoms with Crippen LogP contribution in [-0.2, 0) is 0 Å². The minimum Gasteiger partial charge on any atom is -0.257 e. The highest BCUT2D eigenvalue weighted by atomic mass is 35.5. The van der Waals surface area contributed by atoms with Gasteiger partial charge >= 0.3 is 0 Å². The van der Waals surface area contributed by atoms with Crippen molar-refractivity contribution in [1.29, 1.82) is 0 Å². The molecule has 0 saturated carbocycles. The Morgan fingerprint density at radius 1 is 0.917 bits per heavy atom. The molecule has 1 aromatic heterocycles. The first kappa shape index (κ1) is 15.7. The van der Waals surface area contributed by atoms with Crippen LogP contribution in [0.25, 0.3) is 0 Å². The van der Waals surface area contributed by atoms with Crippen LogP contribution in [0.3, 0.4) is 0 Å². The van der Waals surface area contributed by atoms with E-state index in [-0.39, 0.29) is 6.04 Å². The molecular weight excluding hydrogens is 359 g/mol. The predicted molar refractivity (Wildman–Crippen MR) is 104 cm³/mol. The lowest BCUT2D eigenvalue weighted by Gasteiger charge is -2.22. The van der Waals surface area contributed by atoms with E-state index < -0.39 is 0 Å². The largest absolute Gasteiger partial charge is 0.257 e. The maximum Gasteiger partial charge on any atom is 0.0923 e. The Morgan fingerprint density at radius 2 is 1.58 bits per heavy atom. The maximum atomic E-state index is 6.03. The number of anilines is 1. The van der Waals surface area contributed by atoms with E-state index in [1.807, 2.05) is 48.5 Å². The summed E-state index contributed by atoms with van der Waals surface area (Å²) < 4.78 is 0. The lowest BCUT2D eigenvalue weighted by Crippen LogP contribution is -2.17. The summed E-state index contributed by atoms with van der Waals surface area (Å²) in [7, 11) is 0. The average molecular weight is 373 g/mol. The first-order valence-electron chi connectivity index (χ1n) is 7.62. The minimum absolute atomic E-state index is 0.205. The predicted octanol–water partition coefficient (Wildman–Crippen LogP) is 6.41. The molecule has 0 N–H and O–H groups in total. The molecule has 24 heavy (non-hydrogen) atoms. The van der Waals surface area contributed by atoms with Crippen LogP contribution in [0.4, 0.5) is 5.69 Å². The van der Waals surface area contributed by atoms with Crippen molar-refractivity contribution in [2.45, 2.75) is 12.5 Å². The van der Waals surface area contributed by atoms with Gasteiger partial charge in [0.05, 0.1) is 17.4 Å². The summed E-state index contributed by atoms with van der Waals surface area (Å²) in [6, 6.07) is 20.1. The highest BCUT2D eigenvalue weighted by Gasteiger charge is 2.30. The molecule has 0 fully saturated rings. The van der Waals surface area contributed by atoms with Crippen molar-refractivity contribution in [2.24, 2.45) is 5.10 Å². The van der Waals surface area contributed by atoms with Gasteiger partial charge < -0.3 is 0 Å². The number of nitrogens with zero attached hydrogens (tertiary/aromatic N) is 2. The lowest BCUT2D eigenvalue weighted by molar-refractivity contribution is 0.722. The fourth-order valence-corrected chi connectivity index (χ4v) is 3.93. The summed E-state index contributed by atoms with van der Waals surface area (Å²) in [6.45, 7) is 0. The number of halogens is 2. The number of hydrogen-bond acceptors (Lipinski definition) is 3. The van der Waals surface area contributed by atoms with Crippen LogP contribution in [0.2, 0.25) is 10.0 Å². The van der Waals surface area contributed by atoms with Gasteiger partial charge in [0.15, 0.2) is 0 Å². The quantitative estimate of drug-likeness (QED) is 0.518. The zero-order chi connectivity index (χ0) is 16.5. The molecule has 0 saturated heterocycles. The molecular formula is C19H14Cl2N2S. The van der Waals surface area contributed by atoms with Crippen LogP contribution in [-0.4, -0.2) is 5.71 Å². The summed E-state index contributed by atoms with van der Waals surface area (Å²) in [6.07, 6.45) is 0.866. The summed E-state index contributed by atoms with van der Waals surface area (Å²) in [5, 5.41) is 10.6. The monoisotopic (exact) mass is 372 g/mol. The van der Waals surface area contributed by atoms with Crippen molar-refractivity contribution in [3.8, 4) is 0 Å². The van der Waals surface area contributed by atoms with E-state index in [0.717, 1.165) is 33.4 Å². The van der Waals surface area contributed by atoms with Crippen LogP contribution in [0.15, 0.2) is 71.1 Å². The molecule has 0 radical (unpaired) electrons. The molecule has 0 amide bonds. The lowest BCUT2D eigenvalue weighted by atomic mass is 10.0. The minimum atomic E-state index is 0.205. The van der Waals surface area contributed by atoms with Crippen LogP contribution < -0.4 is 5.01 Å². The molecule has 0 spiro atoms. The van der Waals surface area contributed by atoms with E-state index in [4.69, 9.17) is 28.3 Å². The van der Waals surface area contributed by atoms with Crippen LogP contribution in [0, 0.1) is 0 Å². The van der Waals surface area contributed by atoms with Gasteiger partial charge in [-0.15, -0.1) is 11.3 Å². The first-order valence-corrected chi connectivity index (χ1v) is 9.26. The smallest absolute Gasteiger partial charge is 0.0923 e. The number of hydrogen-bond donors (Lipinski definition) is 0. The van der Waals surface area contributed by atoms with Gasteiger partial charge in [-0.25, -0.2) is 0 Å². The number of rotatable bonds is 3. The Kier molecular flexibility index (Phi) is 4.31. The molecule has 0 aliphatic carbocycles. The van der Waals surface area contributed by atoms with Gasteiger partial charge in [0.2, 0.25) is 0 Å². The molecule has 1 aliphatic heterocycles. The fourth-order valence-electron chi connectivity index (χ4n) is 2.86. The number of thiophene rings is 1. The second-order valence-corrected chi connectivity index (χ2v) is 7.46. The molecule has 2 nitrogen and oxygen atoms in total. The number of benzene rings is 2. The number of hydrazone groups is 1. The average Bonchev–Trinajstić information content (AvgIpc) is 3.25. The zero-order valence-electron chi connectivity index (χ0n) is 12.7. The van der Waals surface area contributed by atoms with Crippen LogP contribution in [0.5, 0.6) is 0 Å². The molecule has 120 valence electrons. The van der Waals surface area contributed by atoms with Crippen molar-refractivity contribution in [3.05, 3.63) is 86.5 Å². The van der Waals surface area contributed by atoms with Crippen LogP contribution >= 0.6 is 34.5 Å². The summed E-state index contributed by atoms with van der Waals surface area (Å²) in [5.41, 5.74) is 3.22. The molecule has 5 heteroatoms. The van der Waals surface area contributed by atoms with Gasteiger partial charge in [0, 0.05) is 21.3 Å². The topological polar surface area (TPSA) is 15.6 Å². The molecule has 1 aliphatic rings. The Balaban J connectivity index is 1.73. The van der Waals surface area contributed by atoms with E-state index in [1.54, 1.807) is 11.3 Å². The summed E-state index contributed by atoms with van der Waals surface area (Å²) >= 11 is 13.8. The van der Waals surface area contributed by atoms with Gasteiger partial charge in [-0.3, -0.25) is 5.01 Å². The van der Waals surface area contributed by atoms with Crippen molar-refractivity contribution in [2.75, 3.05) is 5.01 Å². The van der Waals surface area contributed by atoms with Gasteiger partial charge in [-0.05, 0) is 53.4 Å². The maximum absolute atomic E-state index is 6.03. The first-order chi connectivity index (χ1) is 11.7. The molecule has 1 unspecified atom stereocenters. The SMILES string of the molecule is Clc1ccc(C2=NN(c3ccc(Cl)cc3)C(c3cccs3)C2)cc1. The van der Waals surface area contributed by atoms with E-state index in [9.17, 15) is 0 Å². The second kappa shape index (κ2) is 6.60. The van der Waals surface area contributed by atoms with E-state index >= 15 is 0 Å². The summed E-state index contributed by atoms with van der Waals surface area (Å²) in [5.74, 6) is 0. The van der Waals surface area contributed by atoms with Crippen molar-refractivity contribution in [3.63, 3.8) is 0 Å². The zero-order valence-corrected chi connectivity index (χ0v) is 15.0. The molecule has 4 rings (SSSR count). The molecule has 2 aromatic carbocycles. The normalized spacial score (nSPS) is 17.2. The van der Waals surface area contributed by atoms with E-state index in [1.165, 1.54) is 4.88 Å². The highest BCUT2D eigenvalue weighted by Crippen LogP contribution is 2.38. The van der Waals surface area contributed by atoms with Gasteiger partial charge in [-0.1, -0.05) is 41.4 Å². The molecule has 2 heterocycles. The Bertz CT molecular complexity index is 855. The van der Waals surface area contributed by atoms with Crippen molar-refractivity contribution in [1.82, 2.24) is 0 Å². The Labute approximate surface area is 155 Å². The van der Waals surface area contributed by atoms with Gasteiger partial charge in [0.1, 0.15) is 0 Å². The third-order valence-corrected chi connectivity index (χ3v) is 5.53. The van der Waals surface area contributed by atoms with Crippen LogP contribution in [0.1, 0.15) is 22.9 Å². The van der Waals surface area contributed by atoms with Gasteiger partial charge in [-0.2, -0.15) is 5.10 Å². The Morgan fingerprint density at radius 3 is 2.21 bits per heavy atom. The summed E-state index contributed by atoms with van der Waals surface area (Å²) in [4.78, 5) is 1.30. The van der Waals surface area contributed by atoms with Gasteiger partial charge in [0.25, 0.3) is 0 Å². The second-order valence-electron chi connectivity index (χ2n) is 5.61. The van der Waals surface area contributed by atoms with E-state index in [0.29, 0.717) is 0 Å². The molecule has 0 bridgehead atoms. The Hall–Kier alpha value is -1.81. The molecule has 1 atom stereocenters. The third-order valence-electron chi connectivity index (χ3n) is 4.05. The van der Waals surface area contributed by atoms with E-state index in [2.05, 4.69) is 22.5 Å². The highest BCUT2D eigenvalue weighted by molar-refractivity contribution is 7.10. The van der Waals surface area contributed by atoms with Crippen molar-refractivity contribution >= 4 is 45.9 Å².